The summed E-state index contributed by atoms with van der Waals surface area (Å²) in [5, 5.41) is 0. The Bertz CT molecular complexity index is 541. The van der Waals surface area contributed by atoms with Crippen molar-refractivity contribution >= 4 is 6.04 Å². The van der Waals surface area contributed by atoms with E-state index < -0.39 is 46.7 Å². The Morgan fingerprint density at radius 3 is 1.14 bits per heavy atom. The average molecular weight is 340 g/mol. The van der Waals surface area contributed by atoms with Crippen LogP contribution in [0.1, 0.15) is 0 Å². The van der Waals surface area contributed by atoms with Crippen molar-refractivity contribution in [1.82, 2.24) is 0 Å². The molecule has 2 rings (SSSR count). The Kier molecular flexibility index (Phi) is 2.40. The van der Waals surface area contributed by atoms with Crippen molar-refractivity contribution in [3.05, 3.63) is 0 Å². The van der Waals surface area contributed by atoms with Gasteiger partial charge in [0.2, 0.25) is 0 Å². The summed E-state index contributed by atoms with van der Waals surface area (Å²) in [5.41, 5.74) is -21.1. The molecule has 0 heterocycles. The van der Waals surface area contributed by atoms with Crippen LogP contribution in [0.3, 0.4) is 0 Å². The molecule has 0 saturated heterocycles. The van der Waals surface area contributed by atoms with Crippen LogP contribution in [0.2, 0.25) is 0 Å². The zero-order valence-corrected chi connectivity index (χ0v) is 8.94. The first-order chi connectivity index (χ1) is 8.94. The number of carbonyl (C=O) groups is 1. The largest absolute Gasteiger partial charge is 0.359 e. The van der Waals surface area contributed by atoms with E-state index in [-0.39, 0.29) is 0 Å². The molecule has 2 saturated carbocycles. The lowest BCUT2D eigenvalue weighted by Gasteiger charge is -2.43. The highest BCUT2D eigenvalue weighted by molar-refractivity contribution is 5.86. The monoisotopic (exact) mass is 340 g/mol. The van der Waals surface area contributed by atoms with Crippen molar-refractivity contribution < 1.29 is 57.5 Å². The summed E-state index contributed by atoms with van der Waals surface area (Å²) in [6.07, 6.45) is 0. The van der Waals surface area contributed by atoms with Gasteiger partial charge in [0, 0.05) is 0 Å². The molecule has 0 aliphatic heterocycles. The molecule has 2 aliphatic rings. The van der Waals surface area contributed by atoms with Gasteiger partial charge < -0.3 is 0 Å². The molecule has 0 radical (unpaired) electrons. The van der Waals surface area contributed by atoms with Crippen LogP contribution < -0.4 is 0 Å². The van der Waals surface area contributed by atoms with Crippen LogP contribution in [0.4, 0.5) is 52.7 Å². The van der Waals surface area contributed by atoms with Gasteiger partial charge in [-0.15, -0.1) is 0 Å². The summed E-state index contributed by atoms with van der Waals surface area (Å²) in [6.45, 7) is 0. The van der Waals surface area contributed by atoms with Gasteiger partial charge in [-0.25, -0.2) is 13.2 Å². The van der Waals surface area contributed by atoms with Crippen LogP contribution in [-0.4, -0.2) is 46.7 Å². The molecule has 0 amide bonds. The van der Waals surface area contributed by atoms with Gasteiger partial charge in [0.25, 0.3) is 5.67 Å². The van der Waals surface area contributed by atoms with Gasteiger partial charge in [0.1, 0.15) is 0 Å². The van der Waals surface area contributed by atoms with E-state index >= 15 is 0 Å². The Labute approximate surface area is 105 Å². The molecule has 0 spiro atoms. The van der Waals surface area contributed by atoms with Crippen LogP contribution in [0, 0.1) is 0 Å². The summed E-state index contributed by atoms with van der Waals surface area (Å²) < 4.78 is 157. The number of fused-ring (bicyclic) bond motifs is 2. The first-order valence-electron chi connectivity index (χ1n) is 4.72. The van der Waals surface area contributed by atoms with Crippen molar-refractivity contribution in [2.75, 3.05) is 0 Å². The third-order valence-corrected chi connectivity index (χ3v) is 3.74. The number of halogens is 12. The predicted octanol–water partition coefficient (Wildman–Crippen LogP) is 3.18. The number of rotatable bonds is 1. The van der Waals surface area contributed by atoms with E-state index in [1.165, 1.54) is 0 Å². The number of carbonyl (C=O) groups excluding carboxylic acids is 1. The molecule has 1 nitrogen and oxygen atoms in total. The van der Waals surface area contributed by atoms with E-state index in [1.54, 1.807) is 0 Å². The molecular weight excluding hydrogens is 340 g/mol. The van der Waals surface area contributed by atoms with E-state index in [9.17, 15) is 57.5 Å². The molecule has 21 heavy (non-hydrogen) atoms. The topological polar surface area (TPSA) is 17.1 Å². The van der Waals surface area contributed by atoms with Crippen molar-refractivity contribution in [3.63, 3.8) is 0 Å². The van der Waals surface area contributed by atoms with E-state index in [4.69, 9.17) is 0 Å². The smallest absolute Gasteiger partial charge is 0.257 e. The van der Waals surface area contributed by atoms with Crippen LogP contribution in [0.15, 0.2) is 0 Å². The predicted molar refractivity (Wildman–Crippen MR) is 37.4 cm³/mol. The number of hydrogen-bond acceptors (Lipinski definition) is 1. The summed E-state index contributed by atoms with van der Waals surface area (Å²) in [5.74, 6) is -28.5. The second-order valence-electron chi connectivity index (χ2n) is 4.55. The van der Waals surface area contributed by atoms with Crippen LogP contribution in [0.5, 0.6) is 0 Å². The van der Waals surface area contributed by atoms with Crippen LogP contribution in [0.25, 0.3) is 0 Å². The summed E-state index contributed by atoms with van der Waals surface area (Å²) in [6, 6.07) is -4.47. The molecule has 2 bridgehead atoms. The van der Waals surface area contributed by atoms with Gasteiger partial charge in [-0.2, -0.15) is 39.5 Å². The van der Waals surface area contributed by atoms with Crippen molar-refractivity contribution in [2.45, 2.75) is 40.7 Å². The highest BCUT2D eigenvalue weighted by Gasteiger charge is 3.18. The fraction of sp³-hybridized carbons (Fsp3) is 0.875. The Morgan fingerprint density at radius 2 is 0.857 bits per heavy atom. The lowest BCUT2D eigenvalue weighted by Crippen LogP contribution is -2.77. The zero-order valence-electron chi connectivity index (χ0n) is 8.94. The maximum absolute atomic E-state index is 13.6. The number of alkyl halides is 11. The Morgan fingerprint density at radius 1 is 0.524 bits per heavy atom. The lowest BCUT2D eigenvalue weighted by atomic mass is 9.75. The first-order valence-corrected chi connectivity index (χ1v) is 4.72. The van der Waals surface area contributed by atoms with Crippen LogP contribution in [-0.2, 0) is 4.79 Å². The van der Waals surface area contributed by atoms with Gasteiger partial charge in [-0.1, -0.05) is 0 Å². The Balaban J connectivity index is 3.06. The van der Waals surface area contributed by atoms with E-state index in [0.29, 0.717) is 0 Å². The molecule has 0 aromatic rings. The fourth-order valence-electron chi connectivity index (χ4n) is 2.60. The molecule has 13 heteroatoms. The van der Waals surface area contributed by atoms with Gasteiger partial charge >= 0.3 is 41.1 Å². The Hall–Kier alpha value is -1.17. The number of hydrogen-bond donors (Lipinski definition) is 0. The first kappa shape index (κ1) is 16.2. The van der Waals surface area contributed by atoms with Crippen molar-refractivity contribution in [2.24, 2.45) is 0 Å². The minimum Gasteiger partial charge on any atom is -0.257 e. The molecule has 2 aliphatic carbocycles. The quantitative estimate of drug-likeness (QED) is 0.529. The second-order valence-corrected chi connectivity index (χ2v) is 4.55. The summed E-state index contributed by atoms with van der Waals surface area (Å²) in [4.78, 5) is 10.1. The SMILES string of the molecule is O=C(F)C1(F)C(F)(F)C2(F)C(F)(F)C(F)(F)C1(F)C2(F)F. The third-order valence-electron chi connectivity index (χ3n) is 3.74. The van der Waals surface area contributed by atoms with Crippen molar-refractivity contribution in [1.29, 1.82) is 0 Å². The molecule has 122 valence electrons. The van der Waals surface area contributed by atoms with E-state index in [2.05, 4.69) is 0 Å². The minimum absolute atomic E-state index is 4.47. The molecule has 3 atom stereocenters. The molecule has 0 N–H and O–H groups in total. The van der Waals surface area contributed by atoms with Gasteiger partial charge in [0.15, 0.2) is 0 Å². The minimum atomic E-state index is -7.15. The van der Waals surface area contributed by atoms with Gasteiger partial charge in [-0.3, -0.25) is 4.79 Å². The van der Waals surface area contributed by atoms with Crippen molar-refractivity contribution in [3.8, 4) is 0 Å². The van der Waals surface area contributed by atoms with Gasteiger partial charge in [0.05, 0.1) is 0 Å². The fourth-order valence-corrected chi connectivity index (χ4v) is 2.60. The van der Waals surface area contributed by atoms with E-state index in [0.717, 1.165) is 0 Å². The highest BCUT2D eigenvalue weighted by Crippen LogP contribution is 2.83. The van der Waals surface area contributed by atoms with Gasteiger partial charge in [-0.05, 0) is 0 Å². The normalized spacial score (nSPS) is 48.4. The standard InChI is InChI=1S/C8F12O/c9-1(21)2(10)3(11)6(15,16)4(12,5(2,13)14)8(19,20)7(3,17)18. The molecular formula is C8F12O. The highest BCUT2D eigenvalue weighted by atomic mass is 19.3. The maximum Gasteiger partial charge on any atom is 0.359 e. The average Bonchev–Trinajstić information content (AvgIpc) is 2.42. The molecule has 0 aromatic carbocycles. The molecule has 3 unspecified atom stereocenters. The zero-order chi connectivity index (χ0) is 17.1. The summed E-state index contributed by atoms with van der Waals surface area (Å²) >= 11 is 0. The summed E-state index contributed by atoms with van der Waals surface area (Å²) in [7, 11) is 0. The maximum atomic E-state index is 13.6. The van der Waals surface area contributed by atoms with E-state index in [1.807, 2.05) is 0 Å². The lowest BCUT2D eigenvalue weighted by molar-refractivity contribution is -0.369. The molecule has 0 aromatic heterocycles. The molecule has 2 fully saturated rings. The third kappa shape index (κ3) is 0.904. The second kappa shape index (κ2) is 3.12. The van der Waals surface area contributed by atoms with Crippen LogP contribution >= 0.6 is 0 Å².